The first-order valence-electron chi connectivity index (χ1n) is 7.14. The van der Waals surface area contributed by atoms with Crippen molar-refractivity contribution in [2.75, 3.05) is 0 Å². The number of nitro benzene ring substituents is 1. The lowest BCUT2D eigenvalue weighted by Gasteiger charge is -2.03. The van der Waals surface area contributed by atoms with Crippen molar-refractivity contribution in [1.29, 1.82) is 0 Å². The molecule has 1 N–H and O–H groups in total. The van der Waals surface area contributed by atoms with Crippen molar-refractivity contribution in [3.63, 3.8) is 0 Å². The molecular weight excluding hydrogens is 294 g/mol. The minimum Gasteiger partial charge on any atom is -0.273 e. The second-order valence-corrected chi connectivity index (χ2v) is 5.14. The van der Waals surface area contributed by atoms with E-state index in [1.165, 1.54) is 12.1 Å². The number of rotatable bonds is 6. The molecule has 2 rings (SSSR count). The first kappa shape index (κ1) is 16.4. The third kappa shape index (κ3) is 5.35. The van der Waals surface area contributed by atoms with Crippen molar-refractivity contribution in [3.8, 4) is 0 Å². The summed E-state index contributed by atoms with van der Waals surface area (Å²) in [6, 6.07) is 15.7. The molecule has 0 spiro atoms. The van der Waals surface area contributed by atoms with E-state index in [0.29, 0.717) is 12.0 Å². The Morgan fingerprint density at radius 3 is 2.26 bits per heavy atom. The molecule has 2 aromatic carbocycles. The van der Waals surface area contributed by atoms with Gasteiger partial charge in [0, 0.05) is 24.3 Å². The Morgan fingerprint density at radius 2 is 1.65 bits per heavy atom. The van der Waals surface area contributed by atoms with Crippen LogP contribution in [0.4, 0.5) is 5.69 Å². The zero-order valence-corrected chi connectivity index (χ0v) is 12.7. The Kier molecular flexibility index (Phi) is 5.57. The quantitative estimate of drug-likeness (QED) is 0.505. The highest BCUT2D eigenvalue weighted by Gasteiger charge is 2.07. The Morgan fingerprint density at radius 1 is 1.04 bits per heavy atom. The maximum absolute atomic E-state index is 11.8. The van der Waals surface area contributed by atoms with E-state index in [1.54, 1.807) is 12.1 Å². The van der Waals surface area contributed by atoms with Gasteiger partial charge in [0.25, 0.3) is 5.69 Å². The van der Waals surface area contributed by atoms with Crippen LogP contribution in [0.15, 0.2) is 59.7 Å². The summed E-state index contributed by atoms with van der Waals surface area (Å²) in [5, 5.41) is 14.6. The third-order valence-corrected chi connectivity index (χ3v) is 3.19. The molecule has 0 radical (unpaired) electrons. The monoisotopic (exact) mass is 311 g/mol. The fourth-order valence-corrected chi connectivity index (χ4v) is 2.05. The Bertz CT molecular complexity index is 710. The molecule has 0 saturated heterocycles. The van der Waals surface area contributed by atoms with Crippen LogP contribution in [0, 0.1) is 10.1 Å². The molecule has 0 aliphatic heterocycles. The van der Waals surface area contributed by atoms with Gasteiger partial charge in [0.05, 0.1) is 11.3 Å². The number of nitrogens with one attached hydrogen (secondary N) is 1. The number of carbonyl (C=O) groups is 1. The van der Waals surface area contributed by atoms with E-state index < -0.39 is 4.92 Å². The molecule has 0 aromatic heterocycles. The molecule has 0 atom stereocenters. The number of non-ortho nitro benzene ring substituents is 1. The van der Waals surface area contributed by atoms with E-state index in [9.17, 15) is 14.9 Å². The molecule has 6 heteroatoms. The van der Waals surface area contributed by atoms with Gasteiger partial charge in [-0.3, -0.25) is 14.9 Å². The summed E-state index contributed by atoms with van der Waals surface area (Å²) in [4.78, 5) is 21.9. The molecule has 0 bridgehead atoms. The number of hydrazone groups is 1. The van der Waals surface area contributed by atoms with Gasteiger partial charge in [0.1, 0.15) is 0 Å². The van der Waals surface area contributed by atoms with Crippen LogP contribution in [0.25, 0.3) is 0 Å². The van der Waals surface area contributed by atoms with E-state index in [0.717, 1.165) is 11.3 Å². The molecular formula is C17H17N3O3. The largest absolute Gasteiger partial charge is 0.273 e. The molecule has 118 valence electrons. The third-order valence-electron chi connectivity index (χ3n) is 3.19. The maximum atomic E-state index is 11.8. The van der Waals surface area contributed by atoms with Gasteiger partial charge >= 0.3 is 0 Å². The van der Waals surface area contributed by atoms with Crippen molar-refractivity contribution in [2.24, 2.45) is 5.10 Å². The van der Waals surface area contributed by atoms with Crippen molar-refractivity contribution < 1.29 is 9.72 Å². The van der Waals surface area contributed by atoms with Gasteiger partial charge in [-0.2, -0.15) is 5.10 Å². The number of amides is 1. The average Bonchev–Trinajstić information content (AvgIpc) is 2.54. The summed E-state index contributed by atoms with van der Waals surface area (Å²) in [6.45, 7) is 1.85. The average molecular weight is 311 g/mol. The number of hydrogen-bond acceptors (Lipinski definition) is 4. The number of hydrogen-bond donors (Lipinski definition) is 1. The molecule has 2 aromatic rings. The highest BCUT2D eigenvalue weighted by Crippen LogP contribution is 2.12. The van der Waals surface area contributed by atoms with Gasteiger partial charge in [-0.05, 0) is 18.1 Å². The van der Waals surface area contributed by atoms with Crippen LogP contribution < -0.4 is 5.43 Å². The summed E-state index contributed by atoms with van der Waals surface area (Å²) in [5.41, 5.74) is 5.13. The fourth-order valence-electron chi connectivity index (χ4n) is 2.05. The van der Waals surface area contributed by atoms with Crippen LogP contribution in [0.2, 0.25) is 0 Å². The van der Waals surface area contributed by atoms with E-state index in [2.05, 4.69) is 10.5 Å². The molecule has 1 amide bonds. The van der Waals surface area contributed by atoms with Crippen LogP contribution in [0.3, 0.4) is 0 Å². The summed E-state index contributed by atoms with van der Waals surface area (Å²) < 4.78 is 0. The topological polar surface area (TPSA) is 84.6 Å². The second kappa shape index (κ2) is 7.84. The molecule has 23 heavy (non-hydrogen) atoms. The van der Waals surface area contributed by atoms with E-state index >= 15 is 0 Å². The Balaban J connectivity index is 1.86. The molecule has 0 fully saturated rings. The smallest absolute Gasteiger partial charge is 0.269 e. The second-order valence-electron chi connectivity index (χ2n) is 5.14. The summed E-state index contributed by atoms with van der Waals surface area (Å²) >= 11 is 0. The normalized spacial score (nSPS) is 11.1. The van der Waals surface area contributed by atoms with Crippen molar-refractivity contribution >= 4 is 17.3 Å². The maximum Gasteiger partial charge on any atom is 0.269 e. The molecule has 6 nitrogen and oxygen atoms in total. The minimum atomic E-state index is -0.471. The van der Waals surface area contributed by atoms with Crippen LogP contribution in [-0.2, 0) is 17.6 Å². The van der Waals surface area contributed by atoms with Gasteiger partial charge in [0.2, 0.25) is 5.91 Å². The van der Waals surface area contributed by atoms with Crippen LogP contribution in [-0.4, -0.2) is 16.5 Å². The molecule has 0 unspecified atom stereocenters. The van der Waals surface area contributed by atoms with Crippen LogP contribution in [0.5, 0.6) is 0 Å². The highest BCUT2D eigenvalue weighted by molar-refractivity contribution is 5.86. The van der Waals surface area contributed by atoms with Crippen molar-refractivity contribution in [3.05, 3.63) is 75.8 Å². The molecule has 0 heterocycles. The number of nitrogens with zero attached hydrogens (tertiary/aromatic N) is 2. The van der Waals surface area contributed by atoms with Crippen molar-refractivity contribution in [2.45, 2.75) is 19.8 Å². The fraction of sp³-hybridized carbons (Fsp3) is 0.176. The predicted molar refractivity (Wildman–Crippen MR) is 88.2 cm³/mol. The van der Waals surface area contributed by atoms with Crippen molar-refractivity contribution in [1.82, 2.24) is 5.43 Å². The van der Waals surface area contributed by atoms with Gasteiger partial charge in [0.15, 0.2) is 0 Å². The Hall–Kier alpha value is -3.02. The zero-order valence-electron chi connectivity index (χ0n) is 12.7. The number of nitro groups is 1. The molecule has 0 aliphatic carbocycles. The van der Waals surface area contributed by atoms with Gasteiger partial charge < -0.3 is 0 Å². The van der Waals surface area contributed by atoms with Crippen LogP contribution >= 0.6 is 0 Å². The minimum absolute atomic E-state index is 0.00545. The first-order chi connectivity index (χ1) is 11.0. The predicted octanol–water partition coefficient (Wildman–Crippen LogP) is 2.87. The van der Waals surface area contributed by atoms with Gasteiger partial charge in [-0.1, -0.05) is 42.5 Å². The number of benzene rings is 2. The standard InChI is InChI=1S/C17H17N3O3/c1-13(11-14-5-3-2-4-6-14)18-19-17(21)12-15-7-9-16(10-8-15)20(22)23/h2-10H,11-12H2,1H3,(H,19,21)/b18-13-. The lowest BCUT2D eigenvalue weighted by atomic mass is 10.1. The summed E-state index contributed by atoms with van der Waals surface area (Å²) in [7, 11) is 0. The zero-order chi connectivity index (χ0) is 16.7. The summed E-state index contributed by atoms with van der Waals surface area (Å²) in [5.74, 6) is -0.258. The van der Waals surface area contributed by atoms with Gasteiger partial charge in [-0.25, -0.2) is 5.43 Å². The van der Waals surface area contributed by atoms with E-state index in [-0.39, 0.29) is 18.0 Å². The molecule has 0 saturated carbocycles. The molecule has 0 aliphatic rings. The lowest BCUT2D eigenvalue weighted by molar-refractivity contribution is -0.384. The number of carbonyl (C=O) groups excluding carboxylic acids is 1. The van der Waals surface area contributed by atoms with Gasteiger partial charge in [-0.15, -0.1) is 0 Å². The highest BCUT2D eigenvalue weighted by atomic mass is 16.6. The van der Waals surface area contributed by atoms with Crippen LogP contribution in [0.1, 0.15) is 18.1 Å². The first-order valence-corrected chi connectivity index (χ1v) is 7.14. The summed E-state index contributed by atoms with van der Waals surface area (Å²) in [6.07, 6.45) is 0.790. The Labute approximate surface area is 134 Å². The van der Waals surface area contributed by atoms with E-state index in [4.69, 9.17) is 0 Å². The lowest BCUT2D eigenvalue weighted by Crippen LogP contribution is -2.21. The van der Waals surface area contributed by atoms with E-state index in [1.807, 2.05) is 37.3 Å². The SMILES string of the molecule is C/C(Cc1ccccc1)=N/NC(=O)Cc1ccc([N+](=O)[O-])cc1.